The lowest BCUT2D eigenvalue weighted by Crippen LogP contribution is -2.11. The third kappa shape index (κ3) is 2.43. The molecular formula is C16H19N3S. The molecule has 0 saturated heterocycles. The van der Waals surface area contributed by atoms with E-state index in [1.54, 1.807) is 11.3 Å². The molecule has 0 unspecified atom stereocenters. The molecule has 0 fully saturated rings. The predicted octanol–water partition coefficient (Wildman–Crippen LogP) is 4.03. The van der Waals surface area contributed by atoms with Crippen LogP contribution >= 0.6 is 11.3 Å². The van der Waals surface area contributed by atoms with E-state index in [1.807, 2.05) is 12.1 Å². The van der Waals surface area contributed by atoms with Gasteiger partial charge in [0.15, 0.2) is 0 Å². The maximum atomic E-state index is 5.88. The van der Waals surface area contributed by atoms with Crippen molar-refractivity contribution in [3.63, 3.8) is 0 Å². The molecule has 0 amide bonds. The molecule has 0 aliphatic rings. The fraction of sp³-hybridized carbons (Fsp3) is 0.312. The van der Waals surface area contributed by atoms with Gasteiger partial charge in [-0.15, -0.1) is 11.3 Å². The first-order chi connectivity index (χ1) is 9.43. The zero-order chi connectivity index (χ0) is 14.3. The van der Waals surface area contributed by atoms with Crippen molar-refractivity contribution in [2.75, 3.05) is 5.73 Å². The highest BCUT2D eigenvalue weighted by atomic mass is 32.1. The second-order valence-corrected chi connectivity index (χ2v) is 7.08. The van der Waals surface area contributed by atoms with Crippen molar-refractivity contribution in [1.82, 2.24) is 9.55 Å². The molecule has 2 heterocycles. The van der Waals surface area contributed by atoms with E-state index in [9.17, 15) is 0 Å². The van der Waals surface area contributed by atoms with Crippen molar-refractivity contribution >= 4 is 27.9 Å². The van der Waals surface area contributed by atoms with E-state index in [0.717, 1.165) is 28.5 Å². The number of aromatic nitrogens is 2. The summed E-state index contributed by atoms with van der Waals surface area (Å²) in [7, 11) is 0. The van der Waals surface area contributed by atoms with Crippen LogP contribution in [0.25, 0.3) is 10.9 Å². The van der Waals surface area contributed by atoms with Crippen molar-refractivity contribution in [3.8, 4) is 0 Å². The van der Waals surface area contributed by atoms with E-state index >= 15 is 0 Å². The number of nitrogens with two attached hydrogens (primary N) is 1. The Kier molecular flexibility index (Phi) is 3.05. The first kappa shape index (κ1) is 13.2. The van der Waals surface area contributed by atoms with Crippen LogP contribution in [0.15, 0.2) is 35.8 Å². The molecule has 0 saturated carbocycles. The maximum Gasteiger partial charge on any atom is 0.113 e. The fourth-order valence-corrected chi connectivity index (χ4v) is 3.23. The average molecular weight is 285 g/mol. The molecule has 2 aromatic heterocycles. The van der Waals surface area contributed by atoms with Crippen LogP contribution in [0.2, 0.25) is 0 Å². The number of rotatable bonds is 2. The van der Waals surface area contributed by atoms with E-state index in [-0.39, 0.29) is 5.41 Å². The Bertz CT molecular complexity index is 747. The molecular weight excluding hydrogens is 266 g/mol. The van der Waals surface area contributed by atoms with Crippen molar-refractivity contribution < 1.29 is 0 Å². The van der Waals surface area contributed by atoms with Crippen LogP contribution < -0.4 is 5.73 Å². The third-order valence-electron chi connectivity index (χ3n) is 3.42. The fourth-order valence-electron chi connectivity index (χ4n) is 2.21. The monoisotopic (exact) mass is 285 g/mol. The second-order valence-electron chi connectivity index (χ2n) is 6.14. The highest BCUT2D eigenvalue weighted by Crippen LogP contribution is 2.25. The molecule has 4 heteroatoms. The van der Waals surface area contributed by atoms with Crippen molar-refractivity contribution in [1.29, 1.82) is 0 Å². The number of benzene rings is 1. The quantitative estimate of drug-likeness (QED) is 0.723. The van der Waals surface area contributed by atoms with Crippen LogP contribution in [0.1, 0.15) is 31.5 Å². The summed E-state index contributed by atoms with van der Waals surface area (Å²) in [5.41, 5.74) is 9.11. The average Bonchev–Trinajstić information content (AvgIpc) is 2.97. The summed E-state index contributed by atoms with van der Waals surface area (Å²) in [5, 5.41) is 4.51. The van der Waals surface area contributed by atoms with Gasteiger partial charge in [-0.05, 0) is 23.6 Å². The molecule has 3 aromatic rings. The molecule has 3 rings (SSSR count). The Morgan fingerprint density at radius 2 is 2.05 bits per heavy atom. The largest absolute Gasteiger partial charge is 0.399 e. The number of thiazole rings is 1. The van der Waals surface area contributed by atoms with Crippen LogP contribution in [-0.2, 0) is 12.0 Å². The van der Waals surface area contributed by atoms with E-state index in [1.165, 1.54) is 5.39 Å². The third-order valence-corrected chi connectivity index (χ3v) is 4.26. The number of fused-ring (bicyclic) bond motifs is 1. The summed E-state index contributed by atoms with van der Waals surface area (Å²) in [6, 6.07) is 8.14. The molecule has 3 nitrogen and oxygen atoms in total. The second kappa shape index (κ2) is 4.63. The maximum absolute atomic E-state index is 5.88. The van der Waals surface area contributed by atoms with Gasteiger partial charge in [-0.25, -0.2) is 4.98 Å². The van der Waals surface area contributed by atoms with Crippen molar-refractivity contribution in [2.45, 2.75) is 32.7 Å². The number of nitrogens with zero attached hydrogens (tertiary/aromatic N) is 2. The van der Waals surface area contributed by atoms with Gasteiger partial charge in [-0.1, -0.05) is 26.8 Å². The van der Waals surface area contributed by atoms with E-state index in [0.29, 0.717) is 0 Å². The Morgan fingerprint density at radius 1 is 1.25 bits per heavy atom. The highest BCUT2D eigenvalue weighted by molar-refractivity contribution is 7.09. The minimum Gasteiger partial charge on any atom is -0.399 e. The summed E-state index contributed by atoms with van der Waals surface area (Å²) in [6.45, 7) is 7.38. The first-order valence-corrected chi connectivity index (χ1v) is 7.61. The van der Waals surface area contributed by atoms with E-state index in [2.05, 4.69) is 49.0 Å². The van der Waals surface area contributed by atoms with E-state index in [4.69, 9.17) is 10.7 Å². The Morgan fingerprint density at radius 3 is 2.75 bits per heavy atom. The normalized spacial score (nSPS) is 12.2. The van der Waals surface area contributed by atoms with Gasteiger partial charge in [0.2, 0.25) is 0 Å². The molecule has 1 aromatic carbocycles. The first-order valence-electron chi connectivity index (χ1n) is 6.73. The lowest BCUT2D eigenvalue weighted by molar-refractivity contribution is 0.570. The molecule has 0 aliphatic heterocycles. The molecule has 0 radical (unpaired) electrons. The lowest BCUT2D eigenvalue weighted by Gasteiger charge is -2.14. The summed E-state index contributed by atoms with van der Waals surface area (Å²) >= 11 is 1.72. The molecule has 0 spiro atoms. The summed E-state index contributed by atoms with van der Waals surface area (Å²) in [6.07, 6.45) is 2.10. The van der Waals surface area contributed by atoms with Gasteiger partial charge in [0.1, 0.15) is 5.01 Å². The Labute approximate surface area is 123 Å². The number of anilines is 1. The van der Waals surface area contributed by atoms with Crippen LogP contribution in [0.5, 0.6) is 0 Å². The molecule has 0 bridgehead atoms. The van der Waals surface area contributed by atoms with Gasteiger partial charge in [-0.3, -0.25) is 0 Å². The lowest BCUT2D eigenvalue weighted by atomic mass is 9.93. The predicted molar refractivity (Wildman–Crippen MR) is 86.3 cm³/mol. The van der Waals surface area contributed by atoms with Crippen LogP contribution in [0.3, 0.4) is 0 Å². The van der Waals surface area contributed by atoms with Crippen LogP contribution in [-0.4, -0.2) is 9.55 Å². The minimum atomic E-state index is 0.109. The standard InChI is InChI=1S/C16H19N3S/c1-16(2,3)14-10-20-15(18-14)9-19-7-6-11-4-5-12(17)8-13(11)19/h4-8,10H,9,17H2,1-3H3. The smallest absolute Gasteiger partial charge is 0.113 e. The van der Waals surface area contributed by atoms with E-state index < -0.39 is 0 Å². The summed E-state index contributed by atoms with van der Waals surface area (Å²) in [4.78, 5) is 4.75. The topological polar surface area (TPSA) is 43.8 Å². The van der Waals surface area contributed by atoms with Crippen LogP contribution in [0, 0.1) is 0 Å². The Hall–Kier alpha value is -1.81. The SMILES string of the molecule is CC(C)(C)c1csc(Cn2ccc3ccc(N)cc32)n1. The zero-order valence-electron chi connectivity index (χ0n) is 12.1. The van der Waals surface area contributed by atoms with Gasteiger partial charge in [0.25, 0.3) is 0 Å². The highest BCUT2D eigenvalue weighted by Gasteiger charge is 2.17. The summed E-state index contributed by atoms with van der Waals surface area (Å²) < 4.78 is 2.21. The molecule has 0 aliphatic carbocycles. The number of hydrogen-bond donors (Lipinski definition) is 1. The molecule has 20 heavy (non-hydrogen) atoms. The number of nitrogen functional groups attached to an aromatic ring is 1. The van der Waals surface area contributed by atoms with Gasteiger partial charge >= 0.3 is 0 Å². The van der Waals surface area contributed by atoms with Crippen LogP contribution in [0.4, 0.5) is 5.69 Å². The van der Waals surface area contributed by atoms with Crippen molar-refractivity contribution in [2.24, 2.45) is 0 Å². The molecule has 2 N–H and O–H groups in total. The summed E-state index contributed by atoms with van der Waals surface area (Å²) in [5.74, 6) is 0. The number of hydrogen-bond acceptors (Lipinski definition) is 3. The molecule has 0 atom stereocenters. The van der Waals surface area contributed by atoms with Gasteiger partial charge in [-0.2, -0.15) is 0 Å². The Balaban J connectivity index is 1.93. The van der Waals surface area contributed by atoms with Gasteiger partial charge in [0, 0.05) is 22.7 Å². The zero-order valence-corrected chi connectivity index (χ0v) is 12.9. The van der Waals surface area contributed by atoms with Gasteiger partial charge < -0.3 is 10.3 Å². The van der Waals surface area contributed by atoms with Gasteiger partial charge in [0.05, 0.1) is 17.8 Å². The van der Waals surface area contributed by atoms with Crippen molar-refractivity contribution in [3.05, 3.63) is 46.5 Å². The molecule has 104 valence electrons. The minimum absolute atomic E-state index is 0.109.